The van der Waals surface area contributed by atoms with E-state index in [1.165, 1.54) is 12.1 Å². The molecule has 0 aromatic heterocycles. The van der Waals surface area contributed by atoms with Gasteiger partial charge in [0, 0.05) is 30.8 Å². The first-order valence-corrected chi connectivity index (χ1v) is 10.2. The monoisotopic (exact) mass is 417 g/mol. The predicted octanol–water partition coefficient (Wildman–Crippen LogP) is 3.35. The minimum absolute atomic E-state index is 0.183. The molecule has 3 aromatic rings. The summed E-state index contributed by atoms with van der Waals surface area (Å²) in [7, 11) is 0. The minimum Gasteiger partial charge on any atom is -0.381 e. The molecule has 156 valence electrons. The summed E-state index contributed by atoms with van der Waals surface area (Å²) in [6.07, 6.45) is 0.586. The quantitative estimate of drug-likeness (QED) is 0.638. The summed E-state index contributed by atoms with van der Waals surface area (Å²) in [5, 5.41) is 7.50. The fraction of sp³-hybridized carbons (Fsp3) is 0.208. The lowest BCUT2D eigenvalue weighted by Crippen LogP contribution is -2.52. The SMILES string of the molecule is O=C1CCC(N2Cc3cc(NCc4ccc5cc(F)ccc5c4)ccc3C2=O)C(=O)N1. The Balaban J connectivity index is 1.30. The van der Waals surface area contributed by atoms with E-state index < -0.39 is 11.9 Å². The number of carbonyl (C=O) groups excluding carboxylic acids is 3. The number of hydrogen-bond acceptors (Lipinski definition) is 4. The molecule has 2 aliphatic rings. The van der Waals surface area contributed by atoms with Crippen LogP contribution < -0.4 is 10.6 Å². The molecule has 0 radical (unpaired) electrons. The third kappa shape index (κ3) is 3.63. The van der Waals surface area contributed by atoms with Gasteiger partial charge in [0.2, 0.25) is 11.8 Å². The second-order valence-electron chi connectivity index (χ2n) is 7.95. The van der Waals surface area contributed by atoms with Gasteiger partial charge in [-0.1, -0.05) is 18.2 Å². The average Bonchev–Trinajstić information content (AvgIpc) is 3.08. The van der Waals surface area contributed by atoms with Gasteiger partial charge in [0.05, 0.1) is 0 Å². The van der Waals surface area contributed by atoms with Gasteiger partial charge in [-0.15, -0.1) is 0 Å². The van der Waals surface area contributed by atoms with E-state index in [2.05, 4.69) is 10.6 Å². The normalized spacial score (nSPS) is 18.3. The van der Waals surface area contributed by atoms with E-state index in [1.807, 2.05) is 30.3 Å². The van der Waals surface area contributed by atoms with Crippen molar-refractivity contribution in [3.8, 4) is 0 Å². The number of nitrogens with zero attached hydrogens (tertiary/aromatic N) is 1. The molecule has 1 unspecified atom stereocenters. The Morgan fingerprint density at radius 2 is 1.81 bits per heavy atom. The van der Waals surface area contributed by atoms with Crippen molar-refractivity contribution >= 4 is 34.2 Å². The highest BCUT2D eigenvalue weighted by atomic mass is 19.1. The predicted molar refractivity (Wildman–Crippen MR) is 114 cm³/mol. The Kier molecular flexibility index (Phi) is 4.66. The number of rotatable bonds is 4. The van der Waals surface area contributed by atoms with Gasteiger partial charge in [-0.25, -0.2) is 4.39 Å². The maximum atomic E-state index is 13.4. The number of amides is 3. The molecular weight excluding hydrogens is 397 g/mol. The van der Waals surface area contributed by atoms with Crippen molar-refractivity contribution in [1.82, 2.24) is 10.2 Å². The van der Waals surface area contributed by atoms with Crippen molar-refractivity contribution in [3.63, 3.8) is 0 Å². The minimum atomic E-state index is -0.614. The van der Waals surface area contributed by atoms with Gasteiger partial charge in [-0.2, -0.15) is 0 Å². The first-order chi connectivity index (χ1) is 15.0. The van der Waals surface area contributed by atoms with Gasteiger partial charge < -0.3 is 10.2 Å². The zero-order valence-electron chi connectivity index (χ0n) is 16.7. The van der Waals surface area contributed by atoms with Gasteiger partial charge in [0.15, 0.2) is 0 Å². The number of imide groups is 1. The van der Waals surface area contributed by atoms with E-state index in [0.717, 1.165) is 27.6 Å². The molecule has 1 fully saturated rings. The molecule has 1 saturated heterocycles. The van der Waals surface area contributed by atoms with Crippen LogP contribution in [-0.2, 0) is 22.7 Å². The molecule has 0 saturated carbocycles. The summed E-state index contributed by atoms with van der Waals surface area (Å²) in [6, 6.07) is 15.5. The number of nitrogens with one attached hydrogen (secondary N) is 2. The average molecular weight is 417 g/mol. The van der Waals surface area contributed by atoms with Crippen LogP contribution in [0.1, 0.15) is 34.3 Å². The van der Waals surface area contributed by atoms with Gasteiger partial charge in [-0.05, 0) is 64.7 Å². The molecule has 6 nitrogen and oxygen atoms in total. The van der Waals surface area contributed by atoms with E-state index in [0.29, 0.717) is 25.1 Å². The largest absolute Gasteiger partial charge is 0.381 e. The van der Waals surface area contributed by atoms with Crippen LogP contribution in [0.25, 0.3) is 10.8 Å². The Bertz CT molecular complexity index is 1240. The highest BCUT2D eigenvalue weighted by Gasteiger charge is 2.39. The van der Waals surface area contributed by atoms with Crippen LogP contribution in [0.2, 0.25) is 0 Å². The first kappa shape index (κ1) is 19.2. The molecule has 2 N–H and O–H groups in total. The Hall–Kier alpha value is -3.74. The fourth-order valence-electron chi connectivity index (χ4n) is 4.26. The number of carbonyl (C=O) groups is 3. The van der Waals surface area contributed by atoms with Crippen LogP contribution in [0.15, 0.2) is 54.6 Å². The maximum absolute atomic E-state index is 13.4. The zero-order valence-corrected chi connectivity index (χ0v) is 16.7. The van der Waals surface area contributed by atoms with Crippen molar-refractivity contribution in [3.05, 3.63) is 77.1 Å². The molecule has 5 rings (SSSR count). The van der Waals surface area contributed by atoms with E-state index in [9.17, 15) is 18.8 Å². The number of benzene rings is 3. The lowest BCUT2D eigenvalue weighted by atomic mass is 10.0. The van der Waals surface area contributed by atoms with Crippen molar-refractivity contribution in [2.24, 2.45) is 0 Å². The van der Waals surface area contributed by atoms with Crippen LogP contribution in [0.5, 0.6) is 0 Å². The topological polar surface area (TPSA) is 78.5 Å². The summed E-state index contributed by atoms with van der Waals surface area (Å²) < 4.78 is 13.4. The second kappa shape index (κ2) is 7.50. The number of piperidine rings is 1. The summed E-state index contributed by atoms with van der Waals surface area (Å²) in [5.74, 6) is -1.14. The van der Waals surface area contributed by atoms with Crippen molar-refractivity contribution in [2.75, 3.05) is 5.32 Å². The smallest absolute Gasteiger partial charge is 0.255 e. The molecule has 1 atom stereocenters. The summed E-state index contributed by atoms with van der Waals surface area (Å²) in [6.45, 7) is 0.925. The van der Waals surface area contributed by atoms with Crippen LogP contribution in [0.4, 0.5) is 10.1 Å². The van der Waals surface area contributed by atoms with Crippen molar-refractivity contribution in [2.45, 2.75) is 32.0 Å². The fourth-order valence-corrected chi connectivity index (χ4v) is 4.26. The Labute approximate surface area is 178 Å². The van der Waals surface area contributed by atoms with Crippen molar-refractivity contribution in [1.29, 1.82) is 0 Å². The van der Waals surface area contributed by atoms with Gasteiger partial charge >= 0.3 is 0 Å². The van der Waals surface area contributed by atoms with E-state index in [4.69, 9.17) is 0 Å². The second-order valence-corrected chi connectivity index (χ2v) is 7.95. The molecule has 7 heteroatoms. The van der Waals surface area contributed by atoms with Gasteiger partial charge in [0.25, 0.3) is 5.91 Å². The number of fused-ring (bicyclic) bond motifs is 2. The molecule has 0 aliphatic carbocycles. The van der Waals surface area contributed by atoms with Crippen LogP contribution >= 0.6 is 0 Å². The van der Waals surface area contributed by atoms with E-state index in [-0.39, 0.29) is 24.1 Å². The highest BCUT2D eigenvalue weighted by molar-refractivity contribution is 6.05. The third-order valence-corrected chi connectivity index (χ3v) is 5.89. The van der Waals surface area contributed by atoms with Crippen LogP contribution in [-0.4, -0.2) is 28.7 Å². The third-order valence-electron chi connectivity index (χ3n) is 5.89. The molecule has 0 spiro atoms. The number of halogens is 1. The molecule has 0 bridgehead atoms. The summed E-state index contributed by atoms with van der Waals surface area (Å²) >= 11 is 0. The lowest BCUT2D eigenvalue weighted by Gasteiger charge is -2.29. The van der Waals surface area contributed by atoms with E-state index >= 15 is 0 Å². The molecule has 31 heavy (non-hydrogen) atoms. The van der Waals surface area contributed by atoms with E-state index in [1.54, 1.807) is 17.0 Å². The van der Waals surface area contributed by atoms with Gasteiger partial charge in [0.1, 0.15) is 11.9 Å². The first-order valence-electron chi connectivity index (χ1n) is 10.2. The van der Waals surface area contributed by atoms with Gasteiger partial charge in [-0.3, -0.25) is 19.7 Å². The molecule has 2 aliphatic heterocycles. The maximum Gasteiger partial charge on any atom is 0.255 e. The Morgan fingerprint density at radius 3 is 2.65 bits per heavy atom. The number of hydrogen-bond donors (Lipinski definition) is 2. The van der Waals surface area contributed by atoms with Crippen LogP contribution in [0.3, 0.4) is 0 Å². The molecule has 3 amide bonds. The summed E-state index contributed by atoms with van der Waals surface area (Å²) in [5.41, 5.74) is 3.37. The summed E-state index contributed by atoms with van der Waals surface area (Å²) in [4.78, 5) is 37.9. The van der Waals surface area contributed by atoms with Crippen molar-refractivity contribution < 1.29 is 18.8 Å². The zero-order chi connectivity index (χ0) is 21.5. The highest BCUT2D eigenvalue weighted by Crippen LogP contribution is 2.29. The van der Waals surface area contributed by atoms with Crippen LogP contribution in [0, 0.1) is 5.82 Å². The molecular formula is C24H20FN3O3. The molecule has 3 aromatic carbocycles. The molecule has 2 heterocycles. The number of anilines is 1. The lowest BCUT2D eigenvalue weighted by molar-refractivity contribution is -0.136. The Morgan fingerprint density at radius 1 is 1.00 bits per heavy atom. The standard InChI is InChI=1S/C24H20FN3O3/c25-18-4-3-15-9-14(1-2-16(15)10-18)12-26-19-5-6-20-17(11-19)13-28(24(20)31)21-7-8-22(29)27-23(21)30/h1-6,9-11,21,26H,7-8,12-13H2,(H,27,29,30).